The number of nitrogens with zero attached hydrogens (tertiary/aromatic N) is 5. The van der Waals surface area contributed by atoms with E-state index in [9.17, 15) is 0 Å². The van der Waals surface area contributed by atoms with Crippen LogP contribution < -0.4 is 15.1 Å². The Morgan fingerprint density at radius 2 is 1.67 bits per heavy atom. The van der Waals surface area contributed by atoms with Gasteiger partial charge in [-0.15, -0.1) is 0 Å². The lowest BCUT2D eigenvalue weighted by molar-refractivity contribution is 0.641. The van der Waals surface area contributed by atoms with Gasteiger partial charge in [-0.05, 0) is 30.2 Å². The second kappa shape index (κ2) is 8.41. The average molecular weight is 400 g/mol. The summed E-state index contributed by atoms with van der Waals surface area (Å²) in [6, 6.07) is 16.5. The number of fused-ring (bicyclic) bond motifs is 1. The monoisotopic (exact) mass is 399 g/mol. The summed E-state index contributed by atoms with van der Waals surface area (Å²) in [5.41, 5.74) is 2.50. The van der Waals surface area contributed by atoms with Crippen LogP contribution in [0.3, 0.4) is 0 Å². The third-order valence-electron chi connectivity index (χ3n) is 5.60. The normalized spacial score (nSPS) is 14.3. The van der Waals surface area contributed by atoms with Crippen molar-refractivity contribution in [2.75, 3.05) is 47.8 Å². The molecule has 0 bridgehead atoms. The standard InChI is InChI=1S/C23H25N7/c1-2-6-20-19(5-1)18(16-26-20)8-10-24-21-15-23(28-17-27-21)30-13-11-29(12-14-30)22-7-3-4-9-25-22/h1-7,9,15-17,26H,8,10-14H2,(H,24,27,28). The average Bonchev–Trinajstić information content (AvgIpc) is 3.23. The minimum absolute atomic E-state index is 0.825. The van der Waals surface area contributed by atoms with Gasteiger partial charge >= 0.3 is 0 Å². The molecule has 1 aromatic carbocycles. The fourth-order valence-corrected chi connectivity index (χ4v) is 3.99. The molecule has 0 spiro atoms. The number of aromatic amines is 1. The number of hydrogen-bond donors (Lipinski definition) is 2. The van der Waals surface area contributed by atoms with Crippen LogP contribution in [0.15, 0.2) is 67.3 Å². The molecule has 0 unspecified atom stereocenters. The molecule has 152 valence electrons. The summed E-state index contributed by atoms with van der Waals surface area (Å²) in [6.45, 7) is 4.53. The van der Waals surface area contributed by atoms with Crippen molar-refractivity contribution < 1.29 is 0 Å². The number of hydrogen-bond acceptors (Lipinski definition) is 6. The van der Waals surface area contributed by atoms with Crippen LogP contribution in [0.1, 0.15) is 5.56 Å². The first-order valence-corrected chi connectivity index (χ1v) is 10.4. The number of aromatic nitrogens is 4. The van der Waals surface area contributed by atoms with Crippen LogP contribution in [-0.2, 0) is 6.42 Å². The molecule has 1 fully saturated rings. The molecule has 1 aliphatic heterocycles. The first kappa shape index (κ1) is 18.4. The Labute approximate surface area is 175 Å². The molecular formula is C23H25N7. The van der Waals surface area contributed by atoms with Crippen LogP contribution in [0, 0.1) is 0 Å². The molecule has 0 aliphatic carbocycles. The zero-order chi connectivity index (χ0) is 20.2. The number of anilines is 3. The van der Waals surface area contributed by atoms with E-state index < -0.39 is 0 Å². The predicted molar refractivity (Wildman–Crippen MR) is 121 cm³/mol. The topological polar surface area (TPSA) is 73.0 Å². The van der Waals surface area contributed by atoms with Gasteiger partial charge in [0.25, 0.3) is 0 Å². The lowest BCUT2D eigenvalue weighted by atomic mass is 10.1. The van der Waals surface area contributed by atoms with Crippen LogP contribution in [0.4, 0.5) is 17.5 Å². The molecule has 7 nitrogen and oxygen atoms in total. The van der Waals surface area contributed by atoms with E-state index in [1.807, 2.05) is 24.4 Å². The molecule has 2 N–H and O–H groups in total. The molecule has 0 radical (unpaired) electrons. The zero-order valence-electron chi connectivity index (χ0n) is 16.8. The number of rotatable bonds is 6. The van der Waals surface area contributed by atoms with Crippen molar-refractivity contribution >= 4 is 28.4 Å². The van der Waals surface area contributed by atoms with Crippen molar-refractivity contribution in [3.8, 4) is 0 Å². The maximum atomic E-state index is 4.50. The van der Waals surface area contributed by atoms with Crippen molar-refractivity contribution in [3.63, 3.8) is 0 Å². The Morgan fingerprint density at radius 3 is 2.50 bits per heavy atom. The van der Waals surface area contributed by atoms with Crippen LogP contribution in [-0.4, -0.2) is 52.7 Å². The molecule has 4 heterocycles. The molecule has 0 atom stereocenters. The summed E-state index contributed by atoms with van der Waals surface area (Å²) in [7, 11) is 0. The van der Waals surface area contributed by atoms with Crippen molar-refractivity contribution in [1.29, 1.82) is 0 Å². The maximum Gasteiger partial charge on any atom is 0.134 e. The van der Waals surface area contributed by atoms with Crippen molar-refractivity contribution in [2.24, 2.45) is 0 Å². The number of pyridine rings is 1. The molecule has 5 rings (SSSR count). The highest BCUT2D eigenvalue weighted by molar-refractivity contribution is 5.83. The van der Waals surface area contributed by atoms with Gasteiger partial charge in [-0.1, -0.05) is 24.3 Å². The number of H-pyrrole nitrogens is 1. The Balaban J connectivity index is 1.18. The van der Waals surface area contributed by atoms with E-state index in [-0.39, 0.29) is 0 Å². The van der Waals surface area contributed by atoms with Crippen molar-refractivity contribution in [2.45, 2.75) is 6.42 Å². The summed E-state index contributed by atoms with van der Waals surface area (Å²) in [5.74, 6) is 2.88. The molecule has 3 aromatic heterocycles. The van der Waals surface area contributed by atoms with Crippen molar-refractivity contribution in [3.05, 3.63) is 72.8 Å². The quantitative estimate of drug-likeness (QED) is 0.518. The summed E-state index contributed by atoms with van der Waals surface area (Å²) < 4.78 is 0. The lowest BCUT2D eigenvalue weighted by Gasteiger charge is -2.36. The molecule has 1 saturated heterocycles. The fourth-order valence-electron chi connectivity index (χ4n) is 3.99. The molecule has 7 heteroatoms. The minimum Gasteiger partial charge on any atom is -0.370 e. The minimum atomic E-state index is 0.825. The largest absolute Gasteiger partial charge is 0.370 e. The Bertz CT molecular complexity index is 1100. The summed E-state index contributed by atoms with van der Waals surface area (Å²) in [4.78, 5) is 21.3. The fraction of sp³-hybridized carbons (Fsp3) is 0.261. The Hall–Kier alpha value is -3.61. The van der Waals surface area contributed by atoms with Gasteiger partial charge in [-0.3, -0.25) is 0 Å². The predicted octanol–water partition coefficient (Wildman–Crippen LogP) is 3.33. The number of para-hydroxylation sites is 1. The third-order valence-corrected chi connectivity index (χ3v) is 5.60. The smallest absolute Gasteiger partial charge is 0.134 e. The highest BCUT2D eigenvalue weighted by atomic mass is 15.3. The first-order valence-electron chi connectivity index (χ1n) is 10.4. The second-order valence-corrected chi connectivity index (χ2v) is 7.46. The van der Waals surface area contributed by atoms with Gasteiger partial charge in [-0.25, -0.2) is 15.0 Å². The number of benzene rings is 1. The van der Waals surface area contributed by atoms with E-state index in [0.29, 0.717) is 0 Å². The molecule has 0 amide bonds. The van der Waals surface area contributed by atoms with Gasteiger partial charge in [0.15, 0.2) is 0 Å². The zero-order valence-corrected chi connectivity index (χ0v) is 16.8. The Morgan fingerprint density at radius 1 is 0.867 bits per heavy atom. The SMILES string of the molecule is c1ccc(N2CCN(c3cc(NCCc4c[nH]c5ccccc45)ncn3)CC2)nc1. The van der Waals surface area contributed by atoms with Gasteiger partial charge in [0.1, 0.15) is 23.8 Å². The Kier molecular flexibility index (Phi) is 5.16. The van der Waals surface area contributed by atoms with Crippen LogP contribution in [0.2, 0.25) is 0 Å². The van der Waals surface area contributed by atoms with Gasteiger partial charge in [0.05, 0.1) is 0 Å². The van der Waals surface area contributed by atoms with E-state index in [1.54, 1.807) is 6.33 Å². The summed E-state index contributed by atoms with van der Waals surface area (Å²) in [6.07, 6.45) is 6.53. The highest BCUT2D eigenvalue weighted by Crippen LogP contribution is 2.20. The molecule has 1 aliphatic rings. The van der Waals surface area contributed by atoms with E-state index in [0.717, 1.165) is 56.6 Å². The van der Waals surface area contributed by atoms with E-state index in [4.69, 9.17) is 0 Å². The summed E-state index contributed by atoms with van der Waals surface area (Å²) in [5, 5.41) is 4.74. The molecule has 0 saturated carbocycles. The highest BCUT2D eigenvalue weighted by Gasteiger charge is 2.19. The van der Waals surface area contributed by atoms with Crippen molar-refractivity contribution in [1.82, 2.24) is 19.9 Å². The maximum absolute atomic E-state index is 4.50. The van der Waals surface area contributed by atoms with Crippen LogP contribution in [0.25, 0.3) is 10.9 Å². The van der Waals surface area contributed by atoms with Gasteiger partial charge in [0.2, 0.25) is 0 Å². The van der Waals surface area contributed by atoms with E-state index >= 15 is 0 Å². The molecular weight excluding hydrogens is 374 g/mol. The van der Waals surface area contributed by atoms with Gasteiger partial charge < -0.3 is 20.1 Å². The second-order valence-electron chi connectivity index (χ2n) is 7.46. The number of piperazine rings is 1. The third kappa shape index (κ3) is 3.91. The van der Waals surface area contributed by atoms with Crippen LogP contribution >= 0.6 is 0 Å². The van der Waals surface area contributed by atoms with E-state index in [1.165, 1.54) is 16.5 Å². The van der Waals surface area contributed by atoms with Gasteiger partial charge in [-0.2, -0.15) is 0 Å². The van der Waals surface area contributed by atoms with E-state index in [2.05, 4.69) is 71.6 Å². The lowest BCUT2D eigenvalue weighted by Crippen LogP contribution is -2.47. The molecule has 4 aromatic rings. The van der Waals surface area contributed by atoms with Gasteiger partial charge in [0, 0.05) is 62.1 Å². The van der Waals surface area contributed by atoms with Crippen LogP contribution in [0.5, 0.6) is 0 Å². The first-order chi connectivity index (χ1) is 14.9. The summed E-state index contributed by atoms with van der Waals surface area (Å²) >= 11 is 0. The molecule has 30 heavy (non-hydrogen) atoms. The number of nitrogens with one attached hydrogen (secondary N) is 2.